The molecule has 0 atom stereocenters. The summed E-state index contributed by atoms with van der Waals surface area (Å²) in [7, 11) is 0. The van der Waals surface area contributed by atoms with Crippen LogP contribution in [-0.4, -0.2) is 30.7 Å². The summed E-state index contributed by atoms with van der Waals surface area (Å²) in [6, 6.07) is 3.94. The highest BCUT2D eigenvalue weighted by Crippen LogP contribution is 2.24. The molecule has 0 fully saturated rings. The van der Waals surface area contributed by atoms with Gasteiger partial charge in [0.15, 0.2) is 5.82 Å². The smallest absolute Gasteiger partial charge is 0.277 e. The van der Waals surface area contributed by atoms with Gasteiger partial charge in [0, 0.05) is 36.4 Å². The molecule has 0 bridgehead atoms. The zero-order valence-electron chi connectivity index (χ0n) is 20.5. The first-order valence-electron chi connectivity index (χ1n) is 10.9. The van der Waals surface area contributed by atoms with E-state index < -0.39 is 22.8 Å². The molecule has 11 heteroatoms. The van der Waals surface area contributed by atoms with Crippen molar-refractivity contribution >= 4 is 29.8 Å². The van der Waals surface area contributed by atoms with Crippen LogP contribution < -0.4 is 10.3 Å². The fraction of sp³-hybridized carbons (Fsp3) is 0.280. The predicted octanol–water partition coefficient (Wildman–Crippen LogP) is 4.94. The molecule has 0 aliphatic carbocycles. The van der Waals surface area contributed by atoms with E-state index in [-0.39, 0.29) is 23.1 Å². The minimum Gasteiger partial charge on any atom is -0.485 e. The number of aryl methyl sites for hydroxylation is 1. The van der Waals surface area contributed by atoms with Crippen molar-refractivity contribution in [1.29, 1.82) is 0 Å². The van der Waals surface area contributed by atoms with E-state index in [9.17, 15) is 18.7 Å². The monoisotopic (exact) mass is 517 g/mol. The van der Waals surface area contributed by atoms with Crippen LogP contribution in [-0.2, 0) is 12.2 Å². The zero-order chi connectivity index (χ0) is 26.6. The summed E-state index contributed by atoms with van der Waals surface area (Å²) >= 11 is 6.22. The number of nitrogens with zero attached hydrogens (tertiary/aromatic N) is 5. The van der Waals surface area contributed by atoms with E-state index in [2.05, 4.69) is 15.1 Å². The lowest BCUT2D eigenvalue weighted by Gasteiger charge is -2.13. The normalized spacial score (nSPS) is 13.0. The van der Waals surface area contributed by atoms with Gasteiger partial charge in [-0.2, -0.15) is 5.10 Å². The second kappa shape index (κ2) is 11.0. The number of rotatable bonds is 8. The Kier molecular flexibility index (Phi) is 8.21. The van der Waals surface area contributed by atoms with Crippen LogP contribution in [0.4, 0.5) is 8.78 Å². The lowest BCUT2D eigenvalue weighted by Crippen LogP contribution is -2.20. The number of halogens is 3. The molecular weight excluding hydrogens is 492 g/mol. The summed E-state index contributed by atoms with van der Waals surface area (Å²) in [5.41, 5.74) is -0.0970. The van der Waals surface area contributed by atoms with Crippen molar-refractivity contribution in [2.75, 3.05) is 0 Å². The predicted molar refractivity (Wildman–Crippen MR) is 135 cm³/mol. The van der Waals surface area contributed by atoms with Crippen molar-refractivity contribution < 1.29 is 18.6 Å². The first kappa shape index (κ1) is 27.0. The van der Waals surface area contributed by atoms with Crippen molar-refractivity contribution in [3.8, 4) is 5.75 Å². The largest absolute Gasteiger partial charge is 0.485 e. The molecule has 190 valence electrons. The van der Waals surface area contributed by atoms with Gasteiger partial charge < -0.3 is 9.84 Å². The maximum atomic E-state index is 13.8. The van der Waals surface area contributed by atoms with Crippen LogP contribution in [0.1, 0.15) is 44.8 Å². The molecule has 3 aromatic rings. The maximum absolute atomic E-state index is 13.8. The van der Waals surface area contributed by atoms with Crippen LogP contribution in [0.5, 0.6) is 5.75 Å². The Hall–Kier alpha value is -3.63. The van der Waals surface area contributed by atoms with Crippen LogP contribution >= 0.6 is 11.6 Å². The summed E-state index contributed by atoms with van der Waals surface area (Å²) in [5.74, 6) is -1.09. The van der Waals surface area contributed by atoms with Crippen LogP contribution in [0.25, 0.3) is 12.0 Å². The van der Waals surface area contributed by atoms with Crippen LogP contribution in [0.15, 0.2) is 52.0 Å². The van der Waals surface area contributed by atoms with E-state index in [1.807, 2.05) is 0 Å². The molecule has 36 heavy (non-hydrogen) atoms. The Labute approximate surface area is 211 Å². The van der Waals surface area contributed by atoms with Crippen molar-refractivity contribution in [1.82, 2.24) is 19.3 Å². The van der Waals surface area contributed by atoms with E-state index >= 15 is 0 Å². The van der Waals surface area contributed by atoms with E-state index in [1.54, 1.807) is 65.4 Å². The number of aromatic nitrogens is 4. The molecule has 1 N–H and O–H groups in total. The minimum atomic E-state index is -1.08. The number of ether oxygens (including phenoxy) is 1. The first-order valence-corrected chi connectivity index (χ1v) is 11.3. The van der Waals surface area contributed by atoms with Crippen LogP contribution in [0.3, 0.4) is 0 Å². The number of aliphatic hydroxyl groups is 1. The summed E-state index contributed by atoms with van der Waals surface area (Å²) < 4.78 is 35.2. The van der Waals surface area contributed by atoms with Gasteiger partial charge in [-0.05, 0) is 52.3 Å². The molecule has 0 saturated heterocycles. The fourth-order valence-electron chi connectivity index (χ4n) is 3.10. The molecule has 3 aromatic heterocycles. The third-order valence-electron chi connectivity index (χ3n) is 5.03. The average molecular weight is 518 g/mol. The number of hydrogen-bond donors (Lipinski definition) is 1. The number of allylic oxidation sites excluding steroid dienone is 2. The fourth-order valence-corrected chi connectivity index (χ4v) is 3.30. The molecule has 0 unspecified atom stereocenters. The van der Waals surface area contributed by atoms with Crippen LogP contribution in [0.2, 0.25) is 5.02 Å². The Morgan fingerprint density at radius 1 is 1.33 bits per heavy atom. The van der Waals surface area contributed by atoms with Crippen LogP contribution in [0, 0.1) is 18.6 Å². The molecule has 0 saturated carbocycles. The third-order valence-corrected chi connectivity index (χ3v) is 5.38. The molecular formula is C25H26ClF2N5O3. The Morgan fingerprint density at radius 3 is 2.67 bits per heavy atom. The van der Waals surface area contributed by atoms with Gasteiger partial charge in [-0.3, -0.25) is 14.3 Å². The molecule has 0 spiro atoms. The van der Waals surface area contributed by atoms with Gasteiger partial charge in [0.05, 0.1) is 11.9 Å². The van der Waals surface area contributed by atoms with E-state index in [1.165, 1.54) is 15.3 Å². The topological polar surface area (TPSA) is 94.5 Å². The van der Waals surface area contributed by atoms with E-state index in [0.29, 0.717) is 28.8 Å². The highest BCUT2D eigenvalue weighted by atomic mass is 35.5. The van der Waals surface area contributed by atoms with Gasteiger partial charge in [-0.25, -0.2) is 18.5 Å². The lowest BCUT2D eigenvalue weighted by atomic mass is 10.1. The maximum Gasteiger partial charge on any atom is 0.277 e. The highest BCUT2D eigenvalue weighted by molar-refractivity contribution is 6.31. The van der Waals surface area contributed by atoms with Crippen molar-refractivity contribution in [3.05, 3.63) is 86.3 Å². The van der Waals surface area contributed by atoms with Gasteiger partial charge in [0.25, 0.3) is 5.56 Å². The molecule has 0 radical (unpaired) electrons. The molecule has 0 amide bonds. The quantitative estimate of drug-likeness (QED) is 0.427. The van der Waals surface area contributed by atoms with Gasteiger partial charge in [-0.15, -0.1) is 0 Å². The second-order valence-electron chi connectivity index (χ2n) is 8.49. The highest BCUT2D eigenvalue weighted by Gasteiger charge is 2.19. The third kappa shape index (κ3) is 6.32. The SMILES string of the molecule is C/C=C(/N=C\C(C)=C\n1c(C)cc(OCc2ncc(F)cc2F)c(Cl)c1=O)n1ccc(C(C)(C)O)n1. The zero-order valence-corrected chi connectivity index (χ0v) is 21.2. The van der Waals surface area contributed by atoms with Gasteiger partial charge in [-0.1, -0.05) is 11.6 Å². The number of aliphatic imine (C=N–C) groups is 1. The molecule has 0 aromatic carbocycles. The lowest BCUT2D eigenvalue weighted by molar-refractivity contribution is 0.0734. The minimum absolute atomic E-state index is 0.0539. The average Bonchev–Trinajstić information content (AvgIpc) is 3.30. The van der Waals surface area contributed by atoms with Crippen molar-refractivity contribution in [2.24, 2.45) is 4.99 Å². The summed E-state index contributed by atoms with van der Waals surface area (Å²) in [5, 5.41) is 14.3. The van der Waals surface area contributed by atoms with E-state index in [0.717, 1.165) is 6.20 Å². The second-order valence-corrected chi connectivity index (χ2v) is 8.87. The Balaban J connectivity index is 1.80. The summed E-state index contributed by atoms with van der Waals surface area (Å²) in [4.78, 5) is 20.9. The Bertz CT molecular complexity index is 1420. The first-order chi connectivity index (χ1) is 16.9. The molecule has 0 aliphatic rings. The molecule has 8 nitrogen and oxygen atoms in total. The van der Waals surface area contributed by atoms with Gasteiger partial charge in [0.1, 0.15) is 40.3 Å². The summed E-state index contributed by atoms with van der Waals surface area (Å²) in [6.45, 7) is 8.20. The standard InChI is InChI=1S/C25H26ClF2N5O3/c1-6-22(33-8-7-21(31-33)25(4,5)35)30-11-15(2)13-32-16(3)9-20(23(26)24(32)34)36-14-19-18(28)10-17(27)12-29-19/h6-13,35H,14H2,1-5H3/b15-13+,22-6-,30-11-. The van der Waals surface area contributed by atoms with Gasteiger partial charge >= 0.3 is 0 Å². The van der Waals surface area contributed by atoms with Crippen molar-refractivity contribution in [3.63, 3.8) is 0 Å². The number of pyridine rings is 2. The van der Waals surface area contributed by atoms with E-state index in [4.69, 9.17) is 16.3 Å². The number of hydrogen-bond acceptors (Lipinski definition) is 6. The summed E-state index contributed by atoms with van der Waals surface area (Å²) in [6.07, 6.45) is 7.45. The molecule has 3 rings (SSSR count). The van der Waals surface area contributed by atoms with Crippen molar-refractivity contribution in [2.45, 2.75) is 46.8 Å². The molecule has 0 aliphatic heterocycles. The molecule has 3 heterocycles. The Morgan fingerprint density at radius 2 is 2.06 bits per heavy atom. The van der Waals surface area contributed by atoms with Gasteiger partial charge in [0.2, 0.25) is 0 Å².